The predicted octanol–water partition coefficient (Wildman–Crippen LogP) is 1.65. The summed E-state index contributed by atoms with van der Waals surface area (Å²) >= 11 is 0. The topological polar surface area (TPSA) is 58.6 Å². The van der Waals surface area contributed by atoms with E-state index in [0.29, 0.717) is 12.3 Å². The van der Waals surface area contributed by atoms with Crippen LogP contribution in [0.2, 0.25) is 0 Å². The van der Waals surface area contributed by atoms with E-state index in [1.807, 2.05) is 6.92 Å². The summed E-state index contributed by atoms with van der Waals surface area (Å²) in [5.41, 5.74) is -0.771. The monoisotopic (exact) mass is 229 g/mol. The summed E-state index contributed by atoms with van der Waals surface area (Å²) in [6, 6.07) is 0. The minimum Gasteiger partial charge on any atom is -0.480 e. The number of carbonyl (C=O) groups is 1. The number of hydrogen-bond acceptors (Lipinski definition) is 3. The Morgan fingerprint density at radius 3 is 2.62 bits per heavy atom. The summed E-state index contributed by atoms with van der Waals surface area (Å²) in [7, 11) is 0. The van der Waals surface area contributed by atoms with E-state index in [0.717, 1.165) is 39.0 Å². The van der Waals surface area contributed by atoms with Crippen LogP contribution in [-0.4, -0.2) is 36.4 Å². The summed E-state index contributed by atoms with van der Waals surface area (Å²) in [5, 5.41) is 12.4. The molecular weight excluding hydrogens is 206 g/mol. The maximum atomic E-state index is 11.2. The highest BCUT2D eigenvalue weighted by Crippen LogP contribution is 2.17. The Morgan fingerprint density at radius 2 is 2.12 bits per heavy atom. The van der Waals surface area contributed by atoms with Crippen LogP contribution in [0, 0.1) is 5.92 Å². The van der Waals surface area contributed by atoms with Crippen LogP contribution in [0.3, 0.4) is 0 Å². The highest BCUT2D eigenvalue weighted by Gasteiger charge is 2.32. The summed E-state index contributed by atoms with van der Waals surface area (Å²) in [5.74, 6) is -0.189. The summed E-state index contributed by atoms with van der Waals surface area (Å²) in [4.78, 5) is 11.2. The lowest BCUT2D eigenvalue weighted by Gasteiger charge is -2.30. The van der Waals surface area contributed by atoms with E-state index in [1.165, 1.54) is 0 Å². The van der Waals surface area contributed by atoms with E-state index >= 15 is 0 Å². The van der Waals surface area contributed by atoms with Crippen molar-refractivity contribution in [1.82, 2.24) is 5.32 Å². The second kappa shape index (κ2) is 6.21. The van der Waals surface area contributed by atoms with Gasteiger partial charge in [0.15, 0.2) is 0 Å². The number of rotatable bonds is 6. The van der Waals surface area contributed by atoms with Crippen LogP contribution in [0.25, 0.3) is 0 Å². The molecule has 0 amide bonds. The first-order valence-electron chi connectivity index (χ1n) is 6.14. The maximum absolute atomic E-state index is 11.2. The summed E-state index contributed by atoms with van der Waals surface area (Å²) in [6.45, 7) is 6.19. The Bertz CT molecular complexity index is 226. The van der Waals surface area contributed by atoms with Crippen LogP contribution < -0.4 is 5.32 Å². The van der Waals surface area contributed by atoms with Crippen molar-refractivity contribution >= 4 is 5.97 Å². The van der Waals surface area contributed by atoms with Crippen LogP contribution in [0.4, 0.5) is 0 Å². The van der Waals surface area contributed by atoms with Gasteiger partial charge in [0, 0.05) is 13.2 Å². The zero-order valence-corrected chi connectivity index (χ0v) is 10.3. The Labute approximate surface area is 97.4 Å². The first kappa shape index (κ1) is 13.5. The molecule has 0 saturated carbocycles. The van der Waals surface area contributed by atoms with E-state index in [1.54, 1.807) is 6.92 Å². The normalized spacial score (nSPS) is 21.6. The first-order chi connectivity index (χ1) is 7.58. The highest BCUT2D eigenvalue weighted by molar-refractivity contribution is 5.78. The molecule has 1 fully saturated rings. The molecule has 4 heteroatoms. The standard InChI is InChI=1S/C12H23NO3/c1-3-6-12(2,11(14)15)13-9-10-4-7-16-8-5-10/h10,13H,3-9H2,1-2H3,(H,14,15). The second-order valence-electron chi connectivity index (χ2n) is 4.82. The minimum absolute atomic E-state index is 0.560. The lowest BCUT2D eigenvalue weighted by Crippen LogP contribution is -2.51. The van der Waals surface area contributed by atoms with Crippen LogP contribution in [0.1, 0.15) is 39.5 Å². The zero-order valence-electron chi connectivity index (χ0n) is 10.3. The molecule has 0 aromatic rings. The third kappa shape index (κ3) is 3.76. The highest BCUT2D eigenvalue weighted by atomic mass is 16.5. The number of hydrogen-bond donors (Lipinski definition) is 2. The van der Waals surface area contributed by atoms with Crippen molar-refractivity contribution in [2.75, 3.05) is 19.8 Å². The molecular formula is C12H23NO3. The Hall–Kier alpha value is -0.610. The van der Waals surface area contributed by atoms with Crippen LogP contribution >= 0.6 is 0 Å². The molecule has 0 aromatic carbocycles. The fraction of sp³-hybridized carbons (Fsp3) is 0.917. The molecule has 1 saturated heterocycles. The molecule has 1 aliphatic rings. The number of nitrogens with one attached hydrogen (secondary N) is 1. The predicted molar refractivity (Wildman–Crippen MR) is 62.5 cm³/mol. The van der Waals surface area contributed by atoms with Gasteiger partial charge >= 0.3 is 5.97 Å². The van der Waals surface area contributed by atoms with Gasteiger partial charge in [0.25, 0.3) is 0 Å². The number of aliphatic carboxylic acids is 1. The molecule has 1 heterocycles. The molecule has 0 spiro atoms. The van der Waals surface area contributed by atoms with Gasteiger partial charge in [-0.1, -0.05) is 13.3 Å². The molecule has 4 nitrogen and oxygen atoms in total. The Kier molecular flexibility index (Phi) is 5.22. The van der Waals surface area contributed by atoms with E-state index in [2.05, 4.69) is 5.32 Å². The molecule has 1 unspecified atom stereocenters. The number of carboxylic acids is 1. The fourth-order valence-electron chi connectivity index (χ4n) is 2.09. The molecule has 1 aliphatic heterocycles. The first-order valence-corrected chi connectivity index (χ1v) is 6.14. The average molecular weight is 229 g/mol. The van der Waals surface area contributed by atoms with Crippen molar-refractivity contribution < 1.29 is 14.6 Å². The molecule has 0 aromatic heterocycles. The van der Waals surface area contributed by atoms with Crippen molar-refractivity contribution in [2.24, 2.45) is 5.92 Å². The molecule has 2 N–H and O–H groups in total. The second-order valence-corrected chi connectivity index (χ2v) is 4.82. The molecule has 16 heavy (non-hydrogen) atoms. The average Bonchev–Trinajstić information content (AvgIpc) is 2.28. The Morgan fingerprint density at radius 1 is 1.50 bits per heavy atom. The van der Waals surface area contributed by atoms with Crippen molar-refractivity contribution in [3.05, 3.63) is 0 Å². The SMILES string of the molecule is CCCC(C)(NCC1CCOCC1)C(=O)O. The smallest absolute Gasteiger partial charge is 0.323 e. The van der Waals surface area contributed by atoms with E-state index < -0.39 is 11.5 Å². The Balaban J connectivity index is 2.39. The van der Waals surface area contributed by atoms with Crippen LogP contribution in [0.5, 0.6) is 0 Å². The number of carboxylic acid groups (broad SMARTS) is 1. The van der Waals surface area contributed by atoms with Crippen molar-refractivity contribution in [3.8, 4) is 0 Å². The molecule has 94 valence electrons. The molecule has 0 radical (unpaired) electrons. The third-order valence-corrected chi connectivity index (χ3v) is 3.34. The lowest BCUT2D eigenvalue weighted by molar-refractivity contribution is -0.144. The summed E-state index contributed by atoms with van der Waals surface area (Å²) in [6.07, 6.45) is 3.62. The van der Waals surface area contributed by atoms with E-state index in [-0.39, 0.29) is 0 Å². The van der Waals surface area contributed by atoms with Gasteiger partial charge in [-0.05, 0) is 38.6 Å². The zero-order chi connectivity index (χ0) is 12.0. The van der Waals surface area contributed by atoms with Gasteiger partial charge in [-0.15, -0.1) is 0 Å². The minimum atomic E-state index is -0.771. The van der Waals surface area contributed by atoms with Crippen LogP contribution in [-0.2, 0) is 9.53 Å². The lowest BCUT2D eigenvalue weighted by atomic mass is 9.93. The van der Waals surface area contributed by atoms with E-state index in [4.69, 9.17) is 4.74 Å². The molecule has 1 atom stereocenters. The largest absolute Gasteiger partial charge is 0.480 e. The van der Waals surface area contributed by atoms with Gasteiger partial charge in [-0.2, -0.15) is 0 Å². The van der Waals surface area contributed by atoms with Gasteiger partial charge in [0.1, 0.15) is 5.54 Å². The van der Waals surface area contributed by atoms with Gasteiger partial charge in [-0.3, -0.25) is 4.79 Å². The quantitative estimate of drug-likeness (QED) is 0.727. The van der Waals surface area contributed by atoms with Gasteiger partial charge < -0.3 is 15.2 Å². The van der Waals surface area contributed by atoms with Crippen LogP contribution in [0.15, 0.2) is 0 Å². The maximum Gasteiger partial charge on any atom is 0.323 e. The van der Waals surface area contributed by atoms with Gasteiger partial charge in [0.2, 0.25) is 0 Å². The number of ether oxygens (including phenoxy) is 1. The van der Waals surface area contributed by atoms with Gasteiger partial charge in [0.05, 0.1) is 0 Å². The summed E-state index contributed by atoms with van der Waals surface area (Å²) < 4.78 is 5.28. The molecule has 0 aliphatic carbocycles. The van der Waals surface area contributed by atoms with Crippen molar-refractivity contribution in [1.29, 1.82) is 0 Å². The fourth-order valence-corrected chi connectivity index (χ4v) is 2.09. The van der Waals surface area contributed by atoms with Crippen molar-refractivity contribution in [3.63, 3.8) is 0 Å². The van der Waals surface area contributed by atoms with Gasteiger partial charge in [-0.25, -0.2) is 0 Å². The third-order valence-electron chi connectivity index (χ3n) is 3.34. The molecule has 1 rings (SSSR count). The van der Waals surface area contributed by atoms with E-state index in [9.17, 15) is 9.90 Å². The van der Waals surface area contributed by atoms with Crippen molar-refractivity contribution in [2.45, 2.75) is 45.1 Å². The molecule has 0 bridgehead atoms.